The van der Waals surface area contributed by atoms with Gasteiger partial charge in [0, 0.05) is 27.4 Å². The largest absolute Gasteiger partial charge is 0.348 e. The molecule has 2 fully saturated rings. The molecule has 0 saturated carbocycles. The van der Waals surface area contributed by atoms with Crippen LogP contribution in [0.25, 0.3) is 32.9 Å². The molecular weight excluding hydrogens is 612 g/mol. The normalized spacial score (nSPS) is 15.7. The van der Waals surface area contributed by atoms with E-state index in [1.807, 2.05) is 50.2 Å². The molecule has 2 saturated heterocycles. The fourth-order valence-corrected chi connectivity index (χ4v) is 5.93. The zero-order valence-corrected chi connectivity index (χ0v) is 25.7. The van der Waals surface area contributed by atoms with Crippen LogP contribution in [-0.2, 0) is 32.0 Å². The van der Waals surface area contributed by atoms with E-state index in [1.54, 1.807) is 21.3 Å². The fraction of sp³-hybridized carbons (Fsp3) is 0.294. The first kappa shape index (κ1) is 29.5. The minimum absolute atomic E-state index is 0.0238. The van der Waals surface area contributed by atoms with Crippen molar-refractivity contribution >= 4 is 37.7 Å². The van der Waals surface area contributed by atoms with Gasteiger partial charge in [-0.2, -0.15) is 0 Å². The Kier molecular flexibility index (Phi) is 8.88. The van der Waals surface area contributed by atoms with Crippen LogP contribution in [0.3, 0.4) is 0 Å². The summed E-state index contributed by atoms with van der Waals surface area (Å²) in [6.45, 7) is 7.10. The summed E-state index contributed by atoms with van der Waals surface area (Å²) < 4.78 is 26.3. The standard InChI is InChI=1S/C20H19NO3.C14H14BrNO3/c1-14-11-19(22)21(13-20-23-9-10-24-20)18-12-16(7-8-17(14)18)15-5-3-2-4-6-15;1-9-6-13(17)16(8-14-18-4-5-19-14)12-7-10(15)2-3-11(9)12/h2-8,11-12,20H,9-10,13H2,1H3;2-3,6-7,14H,4-5,8H2,1H3. The number of pyridine rings is 2. The Morgan fingerprint density at radius 1 is 0.628 bits per heavy atom. The van der Waals surface area contributed by atoms with Crippen molar-refractivity contribution in [1.82, 2.24) is 9.13 Å². The maximum Gasteiger partial charge on any atom is 0.251 e. The van der Waals surface area contributed by atoms with Gasteiger partial charge in [-0.1, -0.05) is 64.5 Å². The van der Waals surface area contributed by atoms with Crippen molar-refractivity contribution in [3.05, 3.63) is 115 Å². The Bertz CT molecular complexity index is 1870. The quantitative estimate of drug-likeness (QED) is 0.241. The van der Waals surface area contributed by atoms with Gasteiger partial charge in [-0.15, -0.1) is 0 Å². The van der Waals surface area contributed by atoms with E-state index in [2.05, 4.69) is 46.3 Å². The number of rotatable bonds is 5. The van der Waals surface area contributed by atoms with E-state index < -0.39 is 0 Å². The van der Waals surface area contributed by atoms with Crippen LogP contribution in [0.5, 0.6) is 0 Å². The van der Waals surface area contributed by atoms with Gasteiger partial charge in [-0.25, -0.2) is 0 Å². The molecule has 4 heterocycles. The Morgan fingerprint density at radius 2 is 1.12 bits per heavy atom. The van der Waals surface area contributed by atoms with Gasteiger partial charge >= 0.3 is 0 Å². The predicted octanol–water partition coefficient (Wildman–Crippen LogP) is 5.80. The second-order valence-corrected chi connectivity index (χ2v) is 11.6. The van der Waals surface area contributed by atoms with Crippen molar-refractivity contribution in [2.75, 3.05) is 26.4 Å². The highest BCUT2D eigenvalue weighted by molar-refractivity contribution is 9.10. The second kappa shape index (κ2) is 13.0. The number of ether oxygens (including phenoxy) is 4. The Labute approximate surface area is 257 Å². The van der Waals surface area contributed by atoms with Crippen LogP contribution in [0.15, 0.2) is 92.9 Å². The second-order valence-electron chi connectivity index (χ2n) is 10.7. The van der Waals surface area contributed by atoms with Crippen LogP contribution in [-0.4, -0.2) is 48.1 Å². The molecule has 2 aromatic heterocycles. The lowest BCUT2D eigenvalue weighted by Crippen LogP contribution is -2.27. The smallest absolute Gasteiger partial charge is 0.251 e. The summed E-state index contributed by atoms with van der Waals surface area (Å²) in [7, 11) is 0. The van der Waals surface area contributed by atoms with Gasteiger partial charge in [0.05, 0.1) is 50.6 Å². The minimum Gasteiger partial charge on any atom is -0.348 e. The van der Waals surface area contributed by atoms with Crippen molar-refractivity contribution in [2.45, 2.75) is 39.5 Å². The molecule has 0 spiro atoms. The van der Waals surface area contributed by atoms with E-state index >= 15 is 0 Å². The number of aryl methyl sites for hydroxylation is 2. The van der Waals surface area contributed by atoms with Crippen LogP contribution in [0.2, 0.25) is 0 Å². The van der Waals surface area contributed by atoms with Crippen LogP contribution in [0, 0.1) is 13.8 Å². The maximum absolute atomic E-state index is 12.5. The monoisotopic (exact) mass is 644 g/mol. The van der Waals surface area contributed by atoms with Gasteiger partial charge in [0.1, 0.15) is 0 Å². The SMILES string of the molecule is Cc1cc(=O)n(CC2OCCO2)c2cc(-c3ccccc3)ccc12.Cc1cc(=O)n(CC2OCCO2)c2cc(Br)ccc12. The fourth-order valence-electron chi connectivity index (χ4n) is 5.58. The topological polar surface area (TPSA) is 80.9 Å². The first-order valence-electron chi connectivity index (χ1n) is 14.3. The molecule has 8 nitrogen and oxygen atoms in total. The van der Waals surface area contributed by atoms with Gasteiger partial charge in [-0.05, 0) is 54.3 Å². The molecule has 7 rings (SSSR count). The summed E-state index contributed by atoms with van der Waals surface area (Å²) in [5.74, 6) is 0. The van der Waals surface area contributed by atoms with Gasteiger partial charge in [0.15, 0.2) is 12.6 Å². The van der Waals surface area contributed by atoms with Gasteiger partial charge < -0.3 is 28.1 Å². The molecule has 2 aliphatic rings. The number of fused-ring (bicyclic) bond motifs is 2. The average Bonchev–Trinajstić information content (AvgIpc) is 3.73. The summed E-state index contributed by atoms with van der Waals surface area (Å²) >= 11 is 3.45. The van der Waals surface area contributed by atoms with Crippen LogP contribution in [0.1, 0.15) is 11.1 Å². The maximum atomic E-state index is 12.5. The molecule has 222 valence electrons. The zero-order chi connectivity index (χ0) is 29.9. The number of nitrogens with zero attached hydrogens (tertiary/aromatic N) is 2. The molecule has 0 amide bonds. The molecule has 0 unspecified atom stereocenters. The molecule has 9 heteroatoms. The van der Waals surface area contributed by atoms with Gasteiger partial charge in [0.25, 0.3) is 11.1 Å². The number of aromatic nitrogens is 2. The van der Waals surface area contributed by atoms with Crippen molar-refractivity contribution in [3.63, 3.8) is 0 Å². The number of hydrogen-bond donors (Lipinski definition) is 0. The highest BCUT2D eigenvalue weighted by Gasteiger charge is 2.20. The van der Waals surface area contributed by atoms with Gasteiger partial charge in [0.2, 0.25) is 0 Å². The third kappa shape index (κ3) is 6.51. The zero-order valence-electron chi connectivity index (χ0n) is 24.1. The molecule has 0 N–H and O–H groups in total. The van der Waals surface area contributed by atoms with E-state index in [0.717, 1.165) is 48.5 Å². The van der Waals surface area contributed by atoms with E-state index in [-0.39, 0.29) is 23.7 Å². The lowest BCUT2D eigenvalue weighted by atomic mass is 10.0. The van der Waals surface area contributed by atoms with Crippen LogP contribution in [0.4, 0.5) is 0 Å². The van der Waals surface area contributed by atoms with Crippen molar-refractivity contribution in [3.8, 4) is 11.1 Å². The van der Waals surface area contributed by atoms with Crippen molar-refractivity contribution in [1.29, 1.82) is 0 Å². The summed E-state index contributed by atoms with van der Waals surface area (Å²) in [5, 5.41) is 2.15. The third-order valence-corrected chi connectivity index (χ3v) is 8.25. The summed E-state index contributed by atoms with van der Waals surface area (Å²) in [5.41, 5.74) is 5.96. The lowest BCUT2D eigenvalue weighted by Gasteiger charge is -2.16. The Balaban J connectivity index is 0.000000157. The highest BCUT2D eigenvalue weighted by atomic mass is 79.9. The van der Waals surface area contributed by atoms with Gasteiger partial charge in [-0.3, -0.25) is 9.59 Å². The van der Waals surface area contributed by atoms with Crippen LogP contribution >= 0.6 is 15.9 Å². The summed E-state index contributed by atoms with van der Waals surface area (Å²) in [6, 6.07) is 25.7. The average molecular weight is 646 g/mol. The Morgan fingerprint density at radius 3 is 1.65 bits per heavy atom. The molecule has 0 bridgehead atoms. The molecule has 0 aliphatic carbocycles. The number of halogens is 1. The summed E-state index contributed by atoms with van der Waals surface area (Å²) in [4.78, 5) is 24.7. The number of hydrogen-bond acceptors (Lipinski definition) is 6. The van der Waals surface area contributed by atoms with E-state index in [9.17, 15) is 9.59 Å². The summed E-state index contributed by atoms with van der Waals surface area (Å²) in [6.07, 6.45) is -0.684. The first-order valence-corrected chi connectivity index (χ1v) is 15.1. The molecule has 0 radical (unpaired) electrons. The number of benzene rings is 3. The molecule has 2 aliphatic heterocycles. The highest BCUT2D eigenvalue weighted by Crippen LogP contribution is 2.26. The lowest BCUT2D eigenvalue weighted by molar-refractivity contribution is -0.0525. The van der Waals surface area contributed by atoms with Crippen molar-refractivity contribution in [2.24, 2.45) is 0 Å². The molecule has 43 heavy (non-hydrogen) atoms. The van der Waals surface area contributed by atoms with E-state index in [0.29, 0.717) is 39.5 Å². The van der Waals surface area contributed by atoms with Crippen LogP contribution < -0.4 is 11.1 Å². The molecular formula is C34H33BrN2O6. The predicted molar refractivity (Wildman–Crippen MR) is 170 cm³/mol. The van der Waals surface area contributed by atoms with E-state index in [1.165, 1.54) is 0 Å². The Hall–Kier alpha value is -3.60. The molecule has 3 aromatic carbocycles. The molecule has 5 aromatic rings. The first-order chi connectivity index (χ1) is 20.9. The van der Waals surface area contributed by atoms with Crippen molar-refractivity contribution < 1.29 is 18.9 Å². The minimum atomic E-state index is -0.353. The third-order valence-electron chi connectivity index (χ3n) is 7.75. The van der Waals surface area contributed by atoms with E-state index in [4.69, 9.17) is 18.9 Å². The molecule has 0 atom stereocenters.